The molecule has 0 aliphatic rings. The SMILES string of the molecule is Cc1ccc(C(O[Si](C)(C)C(C)(C)C)C(O[Si](C)(C)C(C)(C)C)c2ccc(C)cc2)cc1. The lowest BCUT2D eigenvalue weighted by atomic mass is 9.97. The Bertz CT molecular complexity index is 794. The van der Waals surface area contributed by atoms with Gasteiger partial charge >= 0.3 is 0 Å². The van der Waals surface area contributed by atoms with Gasteiger partial charge in [-0.3, -0.25) is 0 Å². The van der Waals surface area contributed by atoms with Crippen molar-refractivity contribution in [3.63, 3.8) is 0 Å². The number of rotatable bonds is 7. The normalized spacial score (nSPS) is 15.5. The summed E-state index contributed by atoms with van der Waals surface area (Å²) in [6, 6.07) is 17.7. The average Bonchev–Trinajstić information content (AvgIpc) is 2.64. The van der Waals surface area contributed by atoms with Crippen LogP contribution in [0.25, 0.3) is 0 Å². The van der Waals surface area contributed by atoms with E-state index in [0.717, 1.165) is 0 Å². The monoisotopic (exact) mass is 470 g/mol. The van der Waals surface area contributed by atoms with Crippen molar-refractivity contribution < 1.29 is 8.85 Å². The third kappa shape index (κ3) is 6.43. The molecule has 0 amide bonds. The van der Waals surface area contributed by atoms with Crippen molar-refractivity contribution in [3.05, 3.63) is 70.8 Å². The summed E-state index contributed by atoms with van der Waals surface area (Å²) < 4.78 is 14.3. The van der Waals surface area contributed by atoms with E-state index >= 15 is 0 Å². The van der Waals surface area contributed by atoms with Gasteiger partial charge in [0.15, 0.2) is 16.6 Å². The number of aryl methyl sites for hydroxylation is 2. The van der Waals surface area contributed by atoms with Gasteiger partial charge in [-0.25, -0.2) is 0 Å². The standard InChI is InChI=1S/C28H46O2Si2/c1-21-13-17-23(18-14-21)25(29-31(9,10)27(3,4)5)26(24-19-15-22(2)16-20-24)30-32(11,12)28(6,7)8/h13-20,25-26H,1-12H3. The molecule has 2 aromatic rings. The Labute approximate surface area is 200 Å². The van der Waals surface area contributed by atoms with Gasteiger partial charge in [-0.2, -0.15) is 0 Å². The molecule has 0 N–H and O–H groups in total. The topological polar surface area (TPSA) is 18.5 Å². The van der Waals surface area contributed by atoms with Crippen LogP contribution in [0, 0.1) is 13.8 Å². The van der Waals surface area contributed by atoms with Gasteiger partial charge in [-0.1, -0.05) is 101 Å². The van der Waals surface area contributed by atoms with Crippen molar-refractivity contribution in [3.8, 4) is 0 Å². The number of hydrogen-bond donors (Lipinski definition) is 0. The maximum Gasteiger partial charge on any atom is 0.193 e. The molecule has 32 heavy (non-hydrogen) atoms. The van der Waals surface area contributed by atoms with Crippen molar-refractivity contribution >= 4 is 16.6 Å². The van der Waals surface area contributed by atoms with Gasteiger partial charge in [0.05, 0.1) is 12.2 Å². The van der Waals surface area contributed by atoms with Crippen LogP contribution >= 0.6 is 0 Å². The van der Waals surface area contributed by atoms with Crippen molar-refractivity contribution in [2.75, 3.05) is 0 Å². The molecule has 0 aliphatic carbocycles. The minimum atomic E-state index is -2.06. The van der Waals surface area contributed by atoms with Crippen molar-refractivity contribution in [2.24, 2.45) is 0 Å². The Hall–Kier alpha value is -1.21. The van der Waals surface area contributed by atoms with Gasteiger partial charge in [0, 0.05) is 0 Å². The van der Waals surface area contributed by atoms with E-state index in [9.17, 15) is 0 Å². The van der Waals surface area contributed by atoms with Crippen LogP contribution in [0.1, 0.15) is 76.0 Å². The summed E-state index contributed by atoms with van der Waals surface area (Å²) in [4.78, 5) is 0. The molecule has 0 bridgehead atoms. The lowest BCUT2D eigenvalue weighted by Gasteiger charge is -2.45. The van der Waals surface area contributed by atoms with Gasteiger partial charge in [0.25, 0.3) is 0 Å². The van der Waals surface area contributed by atoms with Crippen LogP contribution in [0.15, 0.2) is 48.5 Å². The maximum absolute atomic E-state index is 7.17. The predicted molar refractivity (Wildman–Crippen MR) is 144 cm³/mol. The Balaban J connectivity index is 2.66. The summed E-state index contributed by atoms with van der Waals surface area (Å²) in [5, 5.41) is 0.232. The number of hydrogen-bond acceptors (Lipinski definition) is 2. The second kappa shape index (κ2) is 9.57. The Kier molecular flexibility index (Phi) is 8.09. The van der Waals surface area contributed by atoms with Crippen molar-refractivity contribution in [1.82, 2.24) is 0 Å². The average molecular weight is 471 g/mol. The molecular weight excluding hydrogens is 424 g/mol. The van der Waals surface area contributed by atoms with E-state index in [0.29, 0.717) is 0 Å². The zero-order valence-electron chi connectivity index (χ0n) is 22.6. The van der Waals surface area contributed by atoms with Crippen LogP contribution in [-0.2, 0) is 8.85 Å². The highest BCUT2D eigenvalue weighted by molar-refractivity contribution is 6.74. The summed E-state index contributed by atoms with van der Waals surface area (Å²) in [6.45, 7) is 27.5. The molecular formula is C28H46O2Si2. The Morgan fingerprint density at radius 1 is 0.531 bits per heavy atom. The molecule has 0 saturated heterocycles. The lowest BCUT2D eigenvalue weighted by Crippen LogP contribution is -2.46. The third-order valence-electron chi connectivity index (χ3n) is 7.54. The van der Waals surface area contributed by atoms with Gasteiger partial charge in [0.2, 0.25) is 0 Å². The minimum Gasteiger partial charge on any atom is -0.407 e. The van der Waals surface area contributed by atoms with Gasteiger partial charge < -0.3 is 8.85 Å². The molecule has 0 heterocycles. The first-order valence-corrected chi connectivity index (χ1v) is 17.7. The molecule has 0 fully saturated rings. The molecule has 0 aromatic heterocycles. The zero-order valence-corrected chi connectivity index (χ0v) is 24.6. The fourth-order valence-electron chi connectivity index (χ4n) is 3.11. The van der Waals surface area contributed by atoms with E-state index in [2.05, 4.69) is 130 Å². The van der Waals surface area contributed by atoms with E-state index in [4.69, 9.17) is 8.85 Å². The number of benzene rings is 2. The van der Waals surface area contributed by atoms with Gasteiger partial charge in [-0.05, 0) is 61.2 Å². The Morgan fingerprint density at radius 3 is 1.00 bits per heavy atom. The molecule has 2 unspecified atom stereocenters. The molecule has 2 rings (SSSR count). The molecule has 2 nitrogen and oxygen atoms in total. The first-order chi connectivity index (χ1) is 14.4. The van der Waals surface area contributed by atoms with Gasteiger partial charge in [0.1, 0.15) is 0 Å². The summed E-state index contributed by atoms with van der Waals surface area (Å²) in [7, 11) is -4.11. The minimum absolute atomic E-state index is 0.116. The summed E-state index contributed by atoms with van der Waals surface area (Å²) >= 11 is 0. The quantitative estimate of drug-likeness (QED) is 0.375. The molecule has 0 radical (unpaired) electrons. The van der Waals surface area contributed by atoms with E-state index in [1.165, 1.54) is 22.3 Å². The maximum atomic E-state index is 7.17. The molecule has 4 heteroatoms. The van der Waals surface area contributed by atoms with Crippen molar-refractivity contribution in [1.29, 1.82) is 0 Å². The zero-order chi connectivity index (χ0) is 24.5. The van der Waals surface area contributed by atoms with Crippen molar-refractivity contribution in [2.45, 2.75) is 104 Å². The first-order valence-electron chi connectivity index (χ1n) is 11.9. The molecule has 0 aliphatic heterocycles. The van der Waals surface area contributed by atoms with E-state index < -0.39 is 16.6 Å². The van der Waals surface area contributed by atoms with E-state index in [1.54, 1.807) is 0 Å². The predicted octanol–water partition coefficient (Wildman–Crippen LogP) is 9.13. The fourth-order valence-corrected chi connectivity index (χ4v) is 5.61. The second-order valence-electron chi connectivity index (χ2n) is 12.4. The van der Waals surface area contributed by atoms with Crippen LogP contribution in [0.5, 0.6) is 0 Å². The van der Waals surface area contributed by atoms with Crippen LogP contribution in [0.2, 0.25) is 36.3 Å². The Morgan fingerprint density at radius 2 is 0.781 bits per heavy atom. The van der Waals surface area contributed by atoms with Gasteiger partial charge in [-0.15, -0.1) is 0 Å². The van der Waals surface area contributed by atoms with Crippen LogP contribution in [0.3, 0.4) is 0 Å². The highest BCUT2D eigenvalue weighted by Gasteiger charge is 2.45. The van der Waals surface area contributed by atoms with E-state index in [-0.39, 0.29) is 22.3 Å². The van der Waals surface area contributed by atoms with Crippen LogP contribution < -0.4 is 0 Å². The first kappa shape index (κ1) is 27.0. The van der Waals surface area contributed by atoms with E-state index in [1.807, 2.05) is 0 Å². The second-order valence-corrected chi connectivity index (χ2v) is 21.9. The fraction of sp³-hybridized carbons (Fsp3) is 0.571. The third-order valence-corrected chi connectivity index (χ3v) is 16.5. The van der Waals surface area contributed by atoms with Crippen LogP contribution in [-0.4, -0.2) is 16.6 Å². The summed E-state index contributed by atoms with van der Waals surface area (Å²) in [5.74, 6) is 0. The molecule has 0 saturated carbocycles. The molecule has 0 spiro atoms. The highest BCUT2D eigenvalue weighted by Crippen LogP contribution is 2.48. The highest BCUT2D eigenvalue weighted by atomic mass is 28.4. The summed E-state index contributed by atoms with van der Waals surface area (Å²) in [5.41, 5.74) is 4.92. The largest absolute Gasteiger partial charge is 0.407 e. The summed E-state index contributed by atoms with van der Waals surface area (Å²) in [6.07, 6.45) is -0.290. The lowest BCUT2D eigenvalue weighted by molar-refractivity contribution is 0.0333. The van der Waals surface area contributed by atoms with Crippen LogP contribution in [0.4, 0.5) is 0 Å². The molecule has 2 aromatic carbocycles. The molecule has 2 atom stereocenters. The molecule has 178 valence electrons. The smallest absolute Gasteiger partial charge is 0.193 e.